The van der Waals surface area contributed by atoms with Gasteiger partial charge in [-0.2, -0.15) is 5.26 Å². The van der Waals surface area contributed by atoms with Crippen molar-refractivity contribution in [3.05, 3.63) is 87.0 Å². The highest BCUT2D eigenvalue weighted by Gasteiger charge is 2.28. The van der Waals surface area contributed by atoms with Crippen molar-refractivity contribution in [2.75, 3.05) is 32.0 Å². The van der Waals surface area contributed by atoms with E-state index in [4.69, 9.17) is 11.6 Å². The van der Waals surface area contributed by atoms with Gasteiger partial charge in [-0.05, 0) is 25.6 Å². The van der Waals surface area contributed by atoms with Crippen molar-refractivity contribution >= 4 is 29.0 Å². The molecule has 2 aliphatic rings. The van der Waals surface area contributed by atoms with Crippen LogP contribution in [0.25, 0.3) is 11.1 Å². The lowest BCUT2D eigenvalue weighted by Crippen LogP contribution is -2.36. The van der Waals surface area contributed by atoms with Crippen LogP contribution >= 0.6 is 11.6 Å². The number of carbonyl (C=O) groups excluding carboxylic acids is 2. The number of Topliss-reactive ketones (excluding diaryl/α,β-unsaturated/α-hetero) is 1. The summed E-state index contributed by atoms with van der Waals surface area (Å²) in [7, 11) is 5.74. The maximum absolute atomic E-state index is 13.5. The normalized spacial score (nSPS) is 15.6. The summed E-state index contributed by atoms with van der Waals surface area (Å²) in [5, 5.41) is 23.2. The minimum absolute atomic E-state index is 0.0167. The second kappa shape index (κ2) is 12.8. The number of benzene rings is 2. The average molecular weight is 641 g/mol. The number of rotatable bonds is 8. The van der Waals surface area contributed by atoms with Crippen LogP contribution in [0.4, 0.5) is 5.69 Å². The molecular weight excluding hydrogens is 604 g/mol. The molecule has 4 aromatic rings. The van der Waals surface area contributed by atoms with Crippen LogP contribution in [0, 0.1) is 11.3 Å². The summed E-state index contributed by atoms with van der Waals surface area (Å²) in [4.78, 5) is 40.5. The molecule has 11 nitrogen and oxygen atoms in total. The smallest absolute Gasteiger partial charge is 0.291 e. The third kappa shape index (κ3) is 5.97. The average Bonchev–Trinajstić information content (AvgIpc) is 3.53. The third-order valence-electron chi connectivity index (χ3n) is 8.91. The lowest BCUT2D eigenvalue weighted by molar-refractivity contribution is 0.0977. The molecule has 0 saturated carbocycles. The number of imidazole rings is 2. The first kappa shape index (κ1) is 31.6. The fourth-order valence-electron chi connectivity index (χ4n) is 6.59. The fraction of sp³-hybridized carbons (Fsp3) is 0.382. The summed E-state index contributed by atoms with van der Waals surface area (Å²) in [5.74, 6) is 0.101. The summed E-state index contributed by atoms with van der Waals surface area (Å²) in [6.45, 7) is 5.25. The molecule has 0 aliphatic carbocycles. The van der Waals surface area contributed by atoms with Gasteiger partial charge in [0, 0.05) is 88.6 Å². The number of anilines is 1. The second-order valence-corrected chi connectivity index (χ2v) is 12.6. The summed E-state index contributed by atoms with van der Waals surface area (Å²) in [6.07, 6.45) is 1.13. The van der Waals surface area contributed by atoms with Gasteiger partial charge in [0.2, 0.25) is 5.78 Å². The number of halogens is 1. The molecule has 0 unspecified atom stereocenters. The van der Waals surface area contributed by atoms with Gasteiger partial charge in [-0.25, -0.2) is 9.97 Å². The van der Waals surface area contributed by atoms with Gasteiger partial charge in [0.15, 0.2) is 11.6 Å². The first-order valence-corrected chi connectivity index (χ1v) is 15.8. The highest BCUT2D eigenvalue weighted by molar-refractivity contribution is 6.36. The molecule has 0 fully saturated rings. The molecule has 46 heavy (non-hydrogen) atoms. The molecule has 2 aromatic carbocycles. The summed E-state index contributed by atoms with van der Waals surface area (Å²) in [6, 6.07) is 12.9. The Morgan fingerprint density at radius 2 is 1.63 bits per heavy atom. The number of aliphatic hydroxyl groups is 1. The van der Waals surface area contributed by atoms with E-state index in [0.29, 0.717) is 53.4 Å². The third-order valence-corrected chi connectivity index (χ3v) is 9.31. The minimum Gasteiger partial charge on any atom is -0.392 e. The number of amides is 1. The molecular formula is C34H37ClN8O3. The van der Waals surface area contributed by atoms with Crippen molar-refractivity contribution in [2.45, 2.75) is 45.4 Å². The highest BCUT2D eigenvalue weighted by atomic mass is 35.5. The van der Waals surface area contributed by atoms with Crippen molar-refractivity contribution in [1.82, 2.24) is 28.9 Å². The number of carbonyl (C=O) groups is 2. The predicted molar refractivity (Wildman–Crippen MR) is 175 cm³/mol. The van der Waals surface area contributed by atoms with E-state index in [1.165, 1.54) is 0 Å². The number of aliphatic hydroxyl groups excluding tert-OH is 1. The summed E-state index contributed by atoms with van der Waals surface area (Å²) in [5.41, 5.74) is 6.25. The summed E-state index contributed by atoms with van der Waals surface area (Å²) >= 11 is 6.89. The molecule has 2 aliphatic heterocycles. The zero-order chi connectivity index (χ0) is 32.7. The Morgan fingerprint density at radius 1 is 0.978 bits per heavy atom. The second-order valence-electron chi connectivity index (χ2n) is 12.3. The molecule has 238 valence electrons. The van der Waals surface area contributed by atoms with Gasteiger partial charge in [0.1, 0.15) is 6.07 Å². The monoisotopic (exact) mass is 640 g/mol. The standard InChI is InChI=1S/C34H37ClN8O3/c1-20(44)17-43-14-12-29-27(19-43)38-33(42(29)4)34(46)39-25-10-6-9-23(31(25)35)22-8-5-7-21(24(22)16-36)15-30(45)32-37-26-18-40(2)13-11-28(26)41(32)3/h5-10,20,44H,11-15,17-19H2,1-4H3,(H,39,46)/t20-/m1/s1. The molecule has 0 bridgehead atoms. The van der Waals surface area contributed by atoms with Crippen LogP contribution in [0.15, 0.2) is 36.4 Å². The first-order chi connectivity index (χ1) is 22.0. The molecule has 6 rings (SSSR count). The van der Waals surface area contributed by atoms with E-state index in [-0.39, 0.29) is 23.1 Å². The first-order valence-electron chi connectivity index (χ1n) is 15.4. The van der Waals surface area contributed by atoms with Crippen molar-refractivity contribution < 1.29 is 14.7 Å². The Kier molecular flexibility index (Phi) is 8.81. The van der Waals surface area contributed by atoms with Gasteiger partial charge in [0.05, 0.1) is 33.8 Å². The minimum atomic E-state index is -0.446. The maximum Gasteiger partial charge on any atom is 0.291 e. The van der Waals surface area contributed by atoms with E-state index in [1.807, 2.05) is 30.3 Å². The van der Waals surface area contributed by atoms with Crippen LogP contribution in [-0.4, -0.2) is 78.5 Å². The Balaban J connectivity index is 1.25. The Bertz CT molecular complexity index is 1890. The van der Waals surface area contributed by atoms with Gasteiger partial charge >= 0.3 is 0 Å². The van der Waals surface area contributed by atoms with Gasteiger partial charge < -0.3 is 24.5 Å². The number of aromatic nitrogens is 4. The van der Waals surface area contributed by atoms with Crippen LogP contribution in [-0.2, 0) is 46.4 Å². The molecule has 4 heterocycles. The quantitative estimate of drug-likeness (QED) is 0.278. The van der Waals surface area contributed by atoms with Crippen molar-refractivity contribution in [2.24, 2.45) is 14.1 Å². The molecule has 2 aromatic heterocycles. The number of fused-ring (bicyclic) bond motifs is 2. The van der Waals surface area contributed by atoms with Crippen LogP contribution < -0.4 is 5.32 Å². The molecule has 0 saturated heterocycles. The molecule has 0 spiro atoms. The van der Waals surface area contributed by atoms with Gasteiger partial charge in [-0.3, -0.25) is 14.5 Å². The zero-order valence-electron chi connectivity index (χ0n) is 26.5. The van der Waals surface area contributed by atoms with E-state index in [2.05, 4.69) is 31.2 Å². The van der Waals surface area contributed by atoms with Crippen molar-refractivity contribution in [3.8, 4) is 17.2 Å². The van der Waals surface area contributed by atoms with E-state index < -0.39 is 12.0 Å². The lowest BCUT2D eigenvalue weighted by atomic mass is 9.93. The highest BCUT2D eigenvalue weighted by Crippen LogP contribution is 2.37. The van der Waals surface area contributed by atoms with Crippen LogP contribution in [0.3, 0.4) is 0 Å². The van der Waals surface area contributed by atoms with E-state index in [9.17, 15) is 20.0 Å². The van der Waals surface area contributed by atoms with E-state index >= 15 is 0 Å². The molecule has 2 N–H and O–H groups in total. The number of hydrogen-bond donors (Lipinski definition) is 2. The number of ketones is 1. The Labute approximate surface area is 273 Å². The van der Waals surface area contributed by atoms with Gasteiger partial charge in [0.25, 0.3) is 5.91 Å². The Hall–Kier alpha value is -4.34. The number of likely N-dealkylation sites (N-methyl/N-ethyl adjacent to an activating group) is 1. The van der Waals surface area contributed by atoms with Crippen LogP contribution in [0.2, 0.25) is 5.02 Å². The van der Waals surface area contributed by atoms with E-state index in [0.717, 1.165) is 48.7 Å². The number of nitrogens with zero attached hydrogens (tertiary/aromatic N) is 7. The van der Waals surface area contributed by atoms with Crippen LogP contribution in [0.1, 0.15) is 62.1 Å². The lowest BCUT2D eigenvalue weighted by Gasteiger charge is -2.27. The van der Waals surface area contributed by atoms with Crippen molar-refractivity contribution in [1.29, 1.82) is 5.26 Å². The topological polar surface area (TPSA) is 132 Å². The van der Waals surface area contributed by atoms with E-state index in [1.54, 1.807) is 43.3 Å². The zero-order valence-corrected chi connectivity index (χ0v) is 27.2. The van der Waals surface area contributed by atoms with Gasteiger partial charge in [-0.1, -0.05) is 41.9 Å². The molecule has 12 heteroatoms. The summed E-state index contributed by atoms with van der Waals surface area (Å²) < 4.78 is 3.69. The molecule has 1 atom stereocenters. The number of β-amino-alcohol motifs (C(OH)–C–C–N with tert-alkyl or cyclic N) is 1. The molecule has 1 amide bonds. The predicted octanol–water partition coefficient (Wildman–Crippen LogP) is 3.75. The van der Waals surface area contributed by atoms with Crippen LogP contribution in [0.5, 0.6) is 0 Å². The maximum atomic E-state index is 13.5. The fourth-order valence-corrected chi connectivity index (χ4v) is 6.87. The number of nitrogens with one attached hydrogen (secondary N) is 1. The Morgan fingerprint density at radius 3 is 2.37 bits per heavy atom. The number of nitriles is 1. The molecule has 0 radical (unpaired) electrons. The largest absolute Gasteiger partial charge is 0.392 e. The number of hydrogen-bond acceptors (Lipinski definition) is 8. The SMILES string of the molecule is C[C@@H](O)CN1CCc2c(nc(C(=O)Nc3cccc(-c4cccc(CC(=O)c5nc6c(n5C)CCN(C)C6)c4C#N)c3Cl)n2C)C1. The van der Waals surface area contributed by atoms with Gasteiger partial charge in [-0.15, -0.1) is 0 Å². The van der Waals surface area contributed by atoms with Crippen molar-refractivity contribution in [3.63, 3.8) is 0 Å².